The average Bonchev–Trinajstić information content (AvgIpc) is 3.12. The van der Waals surface area contributed by atoms with Crippen LogP contribution >= 0.6 is 0 Å². The Bertz CT molecular complexity index is 1230. The number of imidazole rings is 1. The summed E-state index contributed by atoms with van der Waals surface area (Å²) in [6.45, 7) is 4.92. The molecule has 0 aliphatic rings. The standard InChI is InChI=1S/C24H28F2N4O5/c1-5-9-24(3,29-23(32)33)13-27-22(31)20-14(2)28-21-19(10-15(34-4)11-30(20)21)35-12-16-17(25)7-6-8-18(16)26/h6-8,10-11,29H,5,9,12-13H2,1-4H3,(H,27,31)(H,32,33). The molecule has 0 spiro atoms. The van der Waals surface area contributed by atoms with Crippen LogP contribution in [-0.4, -0.2) is 45.7 Å². The SMILES string of the molecule is CCCC(C)(CNC(=O)c1c(C)nc2c(OCc3c(F)cccc3F)cc(OC)cn12)NC(=O)O. The largest absolute Gasteiger partial charge is 0.495 e. The predicted octanol–water partition coefficient (Wildman–Crippen LogP) is 4.06. The summed E-state index contributed by atoms with van der Waals surface area (Å²) in [6.07, 6.45) is 1.59. The van der Waals surface area contributed by atoms with Crippen LogP contribution in [0.5, 0.6) is 11.5 Å². The molecule has 3 rings (SSSR count). The number of amides is 2. The van der Waals surface area contributed by atoms with E-state index in [4.69, 9.17) is 14.6 Å². The van der Waals surface area contributed by atoms with E-state index in [9.17, 15) is 18.4 Å². The predicted molar refractivity (Wildman–Crippen MR) is 124 cm³/mol. The zero-order valence-electron chi connectivity index (χ0n) is 19.9. The van der Waals surface area contributed by atoms with Gasteiger partial charge in [-0.15, -0.1) is 0 Å². The van der Waals surface area contributed by atoms with Crippen molar-refractivity contribution in [3.05, 3.63) is 59.0 Å². The lowest BCUT2D eigenvalue weighted by molar-refractivity contribution is 0.0929. The monoisotopic (exact) mass is 490 g/mol. The number of rotatable bonds is 10. The summed E-state index contributed by atoms with van der Waals surface area (Å²) in [5.74, 6) is -1.47. The van der Waals surface area contributed by atoms with Crippen molar-refractivity contribution in [2.45, 2.75) is 45.8 Å². The number of nitrogens with one attached hydrogen (secondary N) is 2. The van der Waals surface area contributed by atoms with Gasteiger partial charge in [-0.1, -0.05) is 19.4 Å². The van der Waals surface area contributed by atoms with Gasteiger partial charge in [0.2, 0.25) is 0 Å². The Hall–Kier alpha value is -3.89. The van der Waals surface area contributed by atoms with Crippen molar-refractivity contribution in [2.75, 3.05) is 13.7 Å². The first-order valence-electron chi connectivity index (χ1n) is 11.0. The maximum Gasteiger partial charge on any atom is 0.405 e. The van der Waals surface area contributed by atoms with Crippen molar-refractivity contribution < 1.29 is 33.0 Å². The van der Waals surface area contributed by atoms with Crippen molar-refractivity contribution in [1.82, 2.24) is 20.0 Å². The second kappa shape index (κ2) is 10.6. The van der Waals surface area contributed by atoms with Gasteiger partial charge >= 0.3 is 6.09 Å². The molecule has 9 nitrogen and oxygen atoms in total. The molecule has 1 aromatic carbocycles. The lowest BCUT2D eigenvalue weighted by atomic mass is 9.96. The van der Waals surface area contributed by atoms with Gasteiger partial charge in [-0.3, -0.25) is 9.20 Å². The van der Waals surface area contributed by atoms with Gasteiger partial charge in [0.25, 0.3) is 5.91 Å². The average molecular weight is 491 g/mol. The summed E-state index contributed by atoms with van der Waals surface area (Å²) in [7, 11) is 1.43. The van der Waals surface area contributed by atoms with Gasteiger partial charge in [-0.2, -0.15) is 0 Å². The number of aryl methyl sites for hydroxylation is 1. The van der Waals surface area contributed by atoms with Crippen LogP contribution in [0.4, 0.5) is 13.6 Å². The first kappa shape index (κ1) is 25.7. The number of methoxy groups -OCH3 is 1. The zero-order chi connectivity index (χ0) is 25.8. The normalized spacial score (nSPS) is 12.7. The Morgan fingerprint density at radius 1 is 1.26 bits per heavy atom. The molecule has 0 fully saturated rings. The molecule has 3 N–H and O–H groups in total. The third-order valence-corrected chi connectivity index (χ3v) is 5.57. The fraction of sp³-hybridized carbons (Fsp3) is 0.375. The van der Waals surface area contributed by atoms with Crippen LogP contribution < -0.4 is 20.1 Å². The third-order valence-electron chi connectivity index (χ3n) is 5.57. The number of halogens is 2. The number of benzene rings is 1. The van der Waals surface area contributed by atoms with Crippen LogP contribution in [0.1, 0.15) is 48.4 Å². The Morgan fingerprint density at radius 2 is 1.94 bits per heavy atom. The molecule has 2 aromatic heterocycles. The summed E-state index contributed by atoms with van der Waals surface area (Å²) in [5.41, 5.74) is -0.280. The minimum atomic E-state index is -1.18. The fourth-order valence-corrected chi connectivity index (χ4v) is 3.88. The van der Waals surface area contributed by atoms with Gasteiger partial charge in [0.1, 0.15) is 29.7 Å². The Labute approximate surface area is 201 Å². The second-order valence-corrected chi connectivity index (χ2v) is 8.40. The Kier molecular flexibility index (Phi) is 7.78. The number of carbonyl (C=O) groups excluding carboxylic acids is 1. The topological polar surface area (TPSA) is 114 Å². The van der Waals surface area contributed by atoms with E-state index >= 15 is 0 Å². The molecule has 1 unspecified atom stereocenters. The zero-order valence-corrected chi connectivity index (χ0v) is 19.9. The minimum Gasteiger partial charge on any atom is -0.495 e. The first-order chi connectivity index (χ1) is 16.6. The van der Waals surface area contributed by atoms with Crippen LogP contribution in [0.15, 0.2) is 30.5 Å². The molecule has 0 aliphatic carbocycles. The van der Waals surface area contributed by atoms with Gasteiger partial charge in [0.05, 0.1) is 30.1 Å². The molecule has 0 radical (unpaired) electrons. The third kappa shape index (κ3) is 5.79. The molecule has 2 amide bonds. The first-order valence-corrected chi connectivity index (χ1v) is 11.0. The van der Waals surface area contributed by atoms with Gasteiger partial charge in [-0.25, -0.2) is 18.6 Å². The van der Waals surface area contributed by atoms with E-state index in [2.05, 4.69) is 15.6 Å². The highest BCUT2D eigenvalue weighted by molar-refractivity contribution is 5.95. The maximum absolute atomic E-state index is 14.0. The van der Waals surface area contributed by atoms with E-state index in [1.807, 2.05) is 6.92 Å². The number of hydrogen-bond donors (Lipinski definition) is 3. The van der Waals surface area contributed by atoms with Crippen LogP contribution in [0.2, 0.25) is 0 Å². The molecule has 2 heterocycles. The lowest BCUT2D eigenvalue weighted by Gasteiger charge is -2.29. The molecule has 11 heteroatoms. The molecule has 0 saturated heterocycles. The summed E-state index contributed by atoms with van der Waals surface area (Å²) in [6, 6.07) is 5.04. The highest BCUT2D eigenvalue weighted by Crippen LogP contribution is 2.29. The molecule has 0 aliphatic heterocycles. The summed E-state index contributed by atoms with van der Waals surface area (Å²) < 4.78 is 40.6. The number of pyridine rings is 1. The van der Waals surface area contributed by atoms with Crippen molar-refractivity contribution in [3.8, 4) is 11.5 Å². The van der Waals surface area contributed by atoms with E-state index < -0.39 is 35.8 Å². The Morgan fingerprint density at radius 3 is 2.54 bits per heavy atom. The van der Waals surface area contributed by atoms with E-state index in [-0.39, 0.29) is 29.2 Å². The lowest BCUT2D eigenvalue weighted by Crippen LogP contribution is -2.53. The van der Waals surface area contributed by atoms with Gasteiger partial charge < -0.3 is 25.2 Å². The van der Waals surface area contributed by atoms with Crippen LogP contribution in [0, 0.1) is 18.6 Å². The van der Waals surface area contributed by atoms with Crippen molar-refractivity contribution in [3.63, 3.8) is 0 Å². The molecule has 3 aromatic rings. The smallest absolute Gasteiger partial charge is 0.405 e. The summed E-state index contributed by atoms with van der Waals surface area (Å²) in [5, 5.41) is 14.4. The van der Waals surface area contributed by atoms with E-state index in [1.54, 1.807) is 20.0 Å². The summed E-state index contributed by atoms with van der Waals surface area (Å²) >= 11 is 0. The quantitative estimate of drug-likeness (QED) is 0.395. The molecular weight excluding hydrogens is 462 g/mol. The number of hydrogen-bond acceptors (Lipinski definition) is 5. The number of fused-ring (bicyclic) bond motifs is 1. The molecule has 0 saturated carbocycles. The van der Waals surface area contributed by atoms with Crippen LogP contribution in [-0.2, 0) is 6.61 Å². The van der Waals surface area contributed by atoms with Gasteiger partial charge in [0.15, 0.2) is 11.4 Å². The molecule has 35 heavy (non-hydrogen) atoms. The molecule has 188 valence electrons. The van der Waals surface area contributed by atoms with Crippen molar-refractivity contribution >= 4 is 17.6 Å². The minimum absolute atomic E-state index is 0.0541. The van der Waals surface area contributed by atoms with Crippen LogP contribution in [0.3, 0.4) is 0 Å². The number of aromatic nitrogens is 2. The molecule has 1 atom stereocenters. The highest BCUT2D eigenvalue weighted by Gasteiger charge is 2.28. The Balaban J connectivity index is 1.92. The van der Waals surface area contributed by atoms with E-state index in [0.717, 1.165) is 12.1 Å². The number of nitrogens with zero attached hydrogens (tertiary/aromatic N) is 2. The second-order valence-electron chi connectivity index (χ2n) is 8.40. The maximum atomic E-state index is 14.0. The number of ether oxygens (including phenoxy) is 2. The number of carbonyl (C=O) groups is 2. The van der Waals surface area contributed by atoms with E-state index in [0.29, 0.717) is 24.3 Å². The van der Waals surface area contributed by atoms with Gasteiger partial charge in [-0.05, 0) is 32.4 Å². The molecule has 0 bridgehead atoms. The molecular formula is C24H28F2N4O5. The van der Waals surface area contributed by atoms with E-state index in [1.165, 1.54) is 23.6 Å². The van der Waals surface area contributed by atoms with Crippen LogP contribution in [0.25, 0.3) is 5.65 Å². The fourth-order valence-electron chi connectivity index (χ4n) is 3.88. The van der Waals surface area contributed by atoms with Crippen molar-refractivity contribution in [1.29, 1.82) is 0 Å². The highest BCUT2D eigenvalue weighted by atomic mass is 19.1. The van der Waals surface area contributed by atoms with Gasteiger partial charge in [0, 0.05) is 12.6 Å². The summed E-state index contributed by atoms with van der Waals surface area (Å²) in [4.78, 5) is 28.7. The number of carboxylic acid groups (broad SMARTS) is 1. The van der Waals surface area contributed by atoms with Crippen molar-refractivity contribution in [2.24, 2.45) is 0 Å².